The summed E-state index contributed by atoms with van der Waals surface area (Å²) in [5.74, 6) is 1.55. The van der Waals surface area contributed by atoms with Crippen LogP contribution in [0.2, 0.25) is 0 Å². The van der Waals surface area contributed by atoms with Gasteiger partial charge in [0, 0.05) is 46.7 Å². The molecule has 0 saturated heterocycles. The van der Waals surface area contributed by atoms with Crippen molar-refractivity contribution in [2.45, 2.75) is 32.2 Å². The van der Waals surface area contributed by atoms with Crippen LogP contribution in [-0.4, -0.2) is 36.7 Å². The number of hydrogen-bond acceptors (Lipinski definition) is 6. The van der Waals surface area contributed by atoms with E-state index in [9.17, 15) is 0 Å². The maximum atomic E-state index is 4.96. The molecule has 1 aliphatic carbocycles. The number of rotatable bonds is 7. The van der Waals surface area contributed by atoms with Crippen molar-refractivity contribution >= 4 is 33.4 Å². The highest BCUT2D eigenvalue weighted by molar-refractivity contribution is 7.13. The molecule has 0 radical (unpaired) electrons. The zero-order valence-electron chi connectivity index (χ0n) is 20.4. The summed E-state index contributed by atoms with van der Waals surface area (Å²) in [5, 5.41) is 14.3. The van der Waals surface area contributed by atoms with Crippen LogP contribution in [0, 0.1) is 5.92 Å². The standard InChI is InChI=1S/C29H27N7S/c1-2-6-18(5-1)13-30-14-19-11-20(16-31-15-19)21-12-23-27(35-36-28(23)32-17-21)29-33-24-8-3-7-22(26(24)34-29)25-9-4-10-37-25/h3-4,7-12,15-18,30H,1-2,5-6,13-14H2,(H,33,34)(H,32,35,36). The fraction of sp³-hybridized carbons (Fsp3) is 0.241. The molecule has 7 nitrogen and oxygen atoms in total. The molecule has 3 N–H and O–H groups in total. The number of aromatic amines is 2. The predicted octanol–water partition coefficient (Wildman–Crippen LogP) is 6.57. The summed E-state index contributed by atoms with van der Waals surface area (Å²) in [6.07, 6.45) is 11.2. The SMILES string of the molecule is c1csc(-c2cccc3[nH]c(-c4n[nH]c5ncc(-c6cncc(CNCC7CCCC7)c6)cc45)nc23)c1. The molecule has 0 atom stereocenters. The molecule has 6 aromatic rings. The van der Waals surface area contributed by atoms with E-state index in [0.717, 1.165) is 69.3 Å². The van der Waals surface area contributed by atoms with Gasteiger partial charge in [-0.05, 0) is 60.5 Å². The van der Waals surface area contributed by atoms with Crippen LogP contribution in [0.25, 0.3) is 55.2 Å². The molecule has 0 spiro atoms. The van der Waals surface area contributed by atoms with Crippen LogP contribution in [0.3, 0.4) is 0 Å². The number of imidazole rings is 1. The Morgan fingerprint density at radius 3 is 2.81 bits per heavy atom. The molecule has 0 aliphatic heterocycles. The Morgan fingerprint density at radius 2 is 1.92 bits per heavy atom. The first-order chi connectivity index (χ1) is 18.3. The highest BCUT2D eigenvalue weighted by Gasteiger charge is 2.17. The van der Waals surface area contributed by atoms with Crippen LogP contribution >= 0.6 is 11.3 Å². The van der Waals surface area contributed by atoms with Crippen molar-refractivity contribution in [1.82, 2.24) is 35.5 Å². The third-order valence-corrected chi connectivity index (χ3v) is 8.21. The lowest BCUT2D eigenvalue weighted by atomic mass is 10.1. The minimum atomic E-state index is 0.729. The molecule has 0 bridgehead atoms. The van der Waals surface area contributed by atoms with Gasteiger partial charge in [0.25, 0.3) is 0 Å². The minimum Gasteiger partial charge on any atom is -0.337 e. The third-order valence-electron chi connectivity index (χ3n) is 7.31. The Kier molecular flexibility index (Phi) is 5.75. The highest BCUT2D eigenvalue weighted by Crippen LogP contribution is 2.34. The van der Waals surface area contributed by atoms with Crippen molar-refractivity contribution in [3.8, 4) is 33.1 Å². The van der Waals surface area contributed by atoms with Crippen molar-refractivity contribution in [2.75, 3.05) is 6.54 Å². The molecule has 0 unspecified atom stereocenters. The number of benzene rings is 1. The van der Waals surface area contributed by atoms with E-state index in [4.69, 9.17) is 4.98 Å². The number of nitrogens with zero attached hydrogens (tertiary/aromatic N) is 4. The molecule has 184 valence electrons. The fourth-order valence-corrected chi connectivity index (χ4v) is 6.15. The number of hydrogen-bond donors (Lipinski definition) is 3. The van der Waals surface area contributed by atoms with Gasteiger partial charge in [0.15, 0.2) is 11.5 Å². The van der Waals surface area contributed by atoms with Gasteiger partial charge in [-0.15, -0.1) is 11.3 Å². The average molecular weight is 506 g/mol. The largest absolute Gasteiger partial charge is 0.337 e. The first-order valence-corrected chi connectivity index (χ1v) is 13.7. The maximum absolute atomic E-state index is 4.96. The first-order valence-electron chi connectivity index (χ1n) is 12.8. The van der Waals surface area contributed by atoms with Gasteiger partial charge in [0.1, 0.15) is 5.69 Å². The second-order valence-corrected chi connectivity index (χ2v) is 10.8. The number of fused-ring (bicyclic) bond motifs is 2. The Balaban J connectivity index is 1.20. The van der Waals surface area contributed by atoms with E-state index in [1.54, 1.807) is 11.3 Å². The van der Waals surface area contributed by atoms with Crippen molar-refractivity contribution in [2.24, 2.45) is 5.92 Å². The van der Waals surface area contributed by atoms with Crippen LogP contribution in [-0.2, 0) is 6.54 Å². The summed E-state index contributed by atoms with van der Waals surface area (Å²) in [7, 11) is 0. The van der Waals surface area contributed by atoms with Crippen molar-refractivity contribution < 1.29 is 0 Å². The summed E-state index contributed by atoms with van der Waals surface area (Å²) in [5.41, 5.74) is 7.80. The Hall–Kier alpha value is -3.88. The molecule has 37 heavy (non-hydrogen) atoms. The number of nitrogens with one attached hydrogen (secondary N) is 3. The van der Waals surface area contributed by atoms with E-state index < -0.39 is 0 Å². The minimum absolute atomic E-state index is 0.729. The van der Waals surface area contributed by atoms with Crippen LogP contribution in [0.15, 0.2) is 66.4 Å². The smallest absolute Gasteiger partial charge is 0.159 e. The zero-order valence-corrected chi connectivity index (χ0v) is 21.2. The van der Waals surface area contributed by atoms with E-state index in [1.165, 1.54) is 36.1 Å². The van der Waals surface area contributed by atoms with E-state index in [1.807, 2.05) is 18.6 Å². The summed E-state index contributed by atoms with van der Waals surface area (Å²) in [4.78, 5) is 18.8. The summed E-state index contributed by atoms with van der Waals surface area (Å²) in [6.45, 7) is 1.91. The topological polar surface area (TPSA) is 95.2 Å². The highest BCUT2D eigenvalue weighted by atomic mass is 32.1. The van der Waals surface area contributed by atoms with Gasteiger partial charge < -0.3 is 10.3 Å². The summed E-state index contributed by atoms with van der Waals surface area (Å²) < 4.78 is 0. The van der Waals surface area contributed by atoms with Gasteiger partial charge in [-0.3, -0.25) is 10.1 Å². The number of pyridine rings is 2. The van der Waals surface area contributed by atoms with Gasteiger partial charge in [0.05, 0.1) is 16.4 Å². The van der Waals surface area contributed by atoms with Gasteiger partial charge in [-0.25, -0.2) is 9.97 Å². The monoisotopic (exact) mass is 505 g/mol. The van der Waals surface area contributed by atoms with E-state index in [-0.39, 0.29) is 0 Å². The van der Waals surface area contributed by atoms with Gasteiger partial charge >= 0.3 is 0 Å². The molecule has 1 fully saturated rings. The number of aromatic nitrogens is 6. The predicted molar refractivity (Wildman–Crippen MR) is 149 cm³/mol. The lowest BCUT2D eigenvalue weighted by molar-refractivity contribution is 0.489. The maximum Gasteiger partial charge on any atom is 0.159 e. The summed E-state index contributed by atoms with van der Waals surface area (Å²) >= 11 is 1.72. The number of thiophene rings is 1. The zero-order chi connectivity index (χ0) is 24.6. The molecule has 7 rings (SSSR count). The average Bonchev–Trinajstić information content (AvgIpc) is 3.74. The van der Waals surface area contributed by atoms with Gasteiger partial charge in [-0.1, -0.05) is 31.0 Å². The van der Waals surface area contributed by atoms with Crippen molar-refractivity contribution in [3.05, 3.63) is 72.0 Å². The van der Waals surface area contributed by atoms with Crippen LogP contribution < -0.4 is 5.32 Å². The van der Waals surface area contributed by atoms with Crippen LogP contribution in [0.1, 0.15) is 31.2 Å². The van der Waals surface area contributed by atoms with Crippen molar-refractivity contribution in [1.29, 1.82) is 0 Å². The van der Waals surface area contributed by atoms with E-state index >= 15 is 0 Å². The van der Waals surface area contributed by atoms with Crippen LogP contribution in [0.4, 0.5) is 0 Å². The van der Waals surface area contributed by atoms with Gasteiger partial charge in [-0.2, -0.15) is 5.10 Å². The number of para-hydroxylation sites is 1. The lowest BCUT2D eigenvalue weighted by Gasteiger charge is -2.11. The molecular weight excluding hydrogens is 478 g/mol. The molecule has 1 aromatic carbocycles. The third kappa shape index (κ3) is 4.32. The molecule has 0 amide bonds. The molecule has 5 heterocycles. The second-order valence-electron chi connectivity index (χ2n) is 9.82. The Bertz CT molecular complexity index is 1680. The molecule has 8 heteroatoms. The van der Waals surface area contributed by atoms with Gasteiger partial charge in [0.2, 0.25) is 0 Å². The Labute approximate surface area is 218 Å². The molecule has 1 aliphatic rings. The normalized spacial score (nSPS) is 14.3. The van der Waals surface area contributed by atoms with Crippen LogP contribution in [0.5, 0.6) is 0 Å². The first kappa shape index (κ1) is 22.3. The number of H-pyrrole nitrogens is 2. The summed E-state index contributed by atoms with van der Waals surface area (Å²) in [6, 6.07) is 14.7. The second kappa shape index (κ2) is 9.53. The quantitative estimate of drug-likeness (QED) is 0.228. The fourth-order valence-electron chi connectivity index (χ4n) is 5.39. The van der Waals surface area contributed by atoms with Crippen molar-refractivity contribution in [3.63, 3.8) is 0 Å². The molecular formula is C29H27N7S. The lowest BCUT2D eigenvalue weighted by Crippen LogP contribution is -2.20. The molecule has 5 aromatic heterocycles. The van der Waals surface area contributed by atoms with E-state index in [2.05, 4.69) is 78.3 Å². The Morgan fingerprint density at radius 1 is 1.00 bits per heavy atom. The molecule has 1 saturated carbocycles. The van der Waals surface area contributed by atoms with E-state index in [0.29, 0.717) is 0 Å².